The van der Waals surface area contributed by atoms with Gasteiger partial charge in [-0.15, -0.1) is 12.4 Å². The third kappa shape index (κ3) is 4.11. The Balaban J connectivity index is 0.00000162. The molecule has 0 radical (unpaired) electrons. The molecule has 2 aliphatic heterocycles. The maximum Gasteiger partial charge on any atom is 0.239 e. The van der Waals surface area contributed by atoms with Crippen molar-refractivity contribution in [3.8, 4) is 0 Å². The van der Waals surface area contributed by atoms with Crippen LogP contribution in [0.15, 0.2) is 0 Å². The van der Waals surface area contributed by atoms with Crippen LogP contribution in [0.5, 0.6) is 0 Å². The summed E-state index contributed by atoms with van der Waals surface area (Å²) in [5.41, 5.74) is 0. The summed E-state index contributed by atoms with van der Waals surface area (Å²) in [4.78, 5) is 14.3. The highest BCUT2D eigenvalue weighted by Crippen LogP contribution is 2.19. The molecule has 0 bridgehead atoms. The van der Waals surface area contributed by atoms with Crippen molar-refractivity contribution >= 4 is 18.3 Å². The molecule has 2 fully saturated rings. The molecular weight excluding hydrogens is 252 g/mol. The Morgan fingerprint density at radius 2 is 2.22 bits per heavy atom. The van der Waals surface area contributed by atoms with Gasteiger partial charge in [0.15, 0.2) is 0 Å². The molecule has 106 valence electrons. The molecule has 0 saturated carbocycles. The van der Waals surface area contributed by atoms with E-state index in [0.717, 1.165) is 52.1 Å². The van der Waals surface area contributed by atoms with E-state index in [0.29, 0.717) is 11.8 Å². The lowest BCUT2D eigenvalue weighted by Gasteiger charge is -2.34. The summed E-state index contributed by atoms with van der Waals surface area (Å²) in [5, 5.41) is 3.29. The highest BCUT2D eigenvalue weighted by molar-refractivity contribution is 5.85. The van der Waals surface area contributed by atoms with Gasteiger partial charge in [-0.25, -0.2) is 0 Å². The molecule has 2 saturated heterocycles. The number of ether oxygens (including phenoxy) is 1. The third-order valence-corrected chi connectivity index (χ3v) is 3.75. The van der Waals surface area contributed by atoms with Gasteiger partial charge in [0.05, 0.1) is 12.6 Å². The summed E-state index contributed by atoms with van der Waals surface area (Å²) in [6.07, 6.45) is 4.45. The zero-order valence-electron chi connectivity index (χ0n) is 11.2. The number of piperidine rings is 1. The SMILES string of the molecule is CCOCC1CCCN(C(=O)C2CCCN2)C1.Cl. The summed E-state index contributed by atoms with van der Waals surface area (Å²) >= 11 is 0. The summed E-state index contributed by atoms with van der Waals surface area (Å²) < 4.78 is 5.47. The average molecular weight is 277 g/mol. The number of nitrogens with one attached hydrogen (secondary N) is 1. The highest BCUT2D eigenvalue weighted by Gasteiger charge is 2.30. The van der Waals surface area contributed by atoms with E-state index in [-0.39, 0.29) is 18.4 Å². The molecule has 0 spiro atoms. The van der Waals surface area contributed by atoms with Gasteiger partial charge in [-0.05, 0) is 45.1 Å². The van der Waals surface area contributed by atoms with E-state index in [4.69, 9.17) is 4.74 Å². The number of amides is 1. The summed E-state index contributed by atoms with van der Waals surface area (Å²) in [5.74, 6) is 0.845. The first-order valence-corrected chi connectivity index (χ1v) is 6.91. The van der Waals surface area contributed by atoms with Gasteiger partial charge >= 0.3 is 0 Å². The first-order valence-electron chi connectivity index (χ1n) is 6.91. The highest BCUT2D eigenvalue weighted by atomic mass is 35.5. The van der Waals surface area contributed by atoms with Gasteiger partial charge in [-0.1, -0.05) is 0 Å². The lowest BCUT2D eigenvalue weighted by atomic mass is 9.98. The van der Waals surface area contributed by atoms with Gasteiger partial charge in [-0.2, -0.15) is 0 Å². The van der Waals surface area contributed by atoms with Gasteiger partial charge in [0.1, 0.15) is 0 Å². The third-order valence-electron chi connectivity index (χ3n) is 3.75. The second-order valence-electron chi connectivity index (χ2n) is 5.10. The van der Waals surface area contributed by atoms with E-state index in [1.807, 2.05) is 11.8 Å². The van der Waals surface area contributed by atoms with Crippen LogP contribution < -0.4 is 5.32 Å². The molecule has 2 rings (SSSR count). The first kappa shape index (κ1) is 15.7. The quantitative estimate of drug-likeness (QED) is 0.845. The number of nitrogens with zero attached hydrogens (tertiary/aromatic N) is 1. The van der Waals surface area contributed by atoms with Crippen LogP contribution in [0.2, 0.25) is 0 Å². The summed E-state index contributed by atoms with van der Waals surface area (Å²) in [7, 11) is 0. The Morgan fingerprint density at radius 3 is 2.89 bits per heavy atom. The van der Waals surface area contributed by atoms with Crippen molar-refractivity contribution in [1.29, 1.82) is 0 Å². The van der Waals surface area contributed by atoms with E-state index in [1.165, 1.54) is 6.42 Å². The Bertz CT molecular complexity index is 257. The molecule has 1 N–H and O–H groups in total. The molecule has 4 nitrogen and oxygen atoms in total. The zero-order valence-corrected chi connectivity index (χ0v) is 12.0. The largest absolute Gasteiger partial charge is 0.381 e. The monoisotopic (exact) mass is 276 g/mol. The maximum absolute atomic E-state index is 12.2. The van der Waals surface area contributed by atoms with Crippen LogP contribution in [-0.4, -0.2) is 49.7 Å². The fourth-order valence-corrected chi connectivity index (χ4v) is 2.80. The predicted molar refractivity (Wildman–Crippen MR) is 74.1 cm³/mol. The number of carbonyl (C=O) groups excluding carboxylic acids is 1. The molecule has 1 amide bonds. The Morgan fingerprint density at radius 1 is 1.39 bits per heavy atom. The number of halogens is 1. The van der Waals surface area contributed by atoms with Gasteiger partial charge in [0.2, 0.25) is 5.91 Å². The number of hydrogen-bond donors (Lipinski definition) is 1. The Kier molecular flexibility index (Phi) is 6.97. The molecule has 0 aliphatic carbocycles. The summed E-state index contributed by atoms with van der Waals surface area (Å²) in [6.45, 7) is 6.41. The second kappa shape index (κ2) is 7.97. The first-order chi connectivity index (χ1) is 8.31. The minimum atomic E-state index is 0. The van der Waals surface area contributed by atoms with Crippen molar-refractivity contribution in [2.75, 3.05) is 32.8 Å². The van der Waals surface area contributed by atoms with Crippen molar-refractivity contribution < 1.29 is 9.53 Å². The molecule has 2 aliphatic rings. The Hall–Kier alpha value is -0.320. The van der Waals surface area contributed by atoms with Gasteiger partial charge in [0.25, 0.3) is 0 Å². The van der Waals surface area contributed by atoms with E-state index in [9.17, 15) is 4.79 Å². The van der Waals surface area contributed by atoms with Crippen molar-refractivity contribution in [2.45, 2.75) is 38.6 Å². The molecule has 2 atom stereocenters. The number of rotatable bonds is 4. The van der Waals surface area contributed by atoms with Crippen LogP contribution in [0.1, 0.15) is 32.6 Å². The molecular formula is C13H25ClN2O2. The standard InChI is InChI=1S/C13H24N2O2.ClH/c1-2-17-10-11-5-4-8-15(9-11)13(16)12-6-3-7-14-12;/h11-12,14H,2-10H2,1H3;1H. The second-order valence-corrected chi connectivity index (χ2v) is 5.10. The number of carbonyl (C=O) groups is 1. The van der Waals surface area contributed by atoms with Gasteiger partial charge < -0.3 is 15.0 Å². The topological polar surface area (TPSA) is 41.6 Å². The number of hydrogen-bond acceptors (Lipinski definition) is 3. The minimum Gasteiger partial charge on any atom is -0.381 e. The lowest BCUT2D eigenvalue weighted by molar-refractivity contribution is -0.135. The zero-order chi connectivity index (χ0) is 12.1. The normalized spacial score (nSPS) is 27.9. The smallest absolute Gasteiger partial charge is 0.239 e. The molecule has 18 heavy (non-hydrogen) atoms. The molecule has 5 heteroatoms. The number of likely N-dealkylation sites (tertiary alicyclic amines) is 1. The fraction of sp³-hybridized carbons (Fsp3) is 0.923. The van der Waals surface area contributed by atoms with E-state index in [2.05, 4.69) is 5.32 Å². The average Bonchev–Trinajstić information content (AvgIpc) is 2.89. The van der Waals surface area contributed by atoms with Crippen molar-refractivity contribution in [2.24, 2.45) is 5.92 Å². The van der Waals surface area contributed by atoms with E-state index < -0.39 is 0 Å². The minimum absolute atomic E-state index is 0. The maximum atomic E-state index is 12.2. The van der Waals surface area contributed by atoms with Crippen LogP contribution in [0.4, 0.5) is 0 Å². The lowest BCUT2D eigenvalue weighted by Crippen LogP contribution is -2.48. The van der Waals surface area contributed by atoms with Crippen molar-refractivity contribution in [1.82, 2.24) is 10.2 Å². The molecule has 2 unspecified atom stereocenters. The molecule has 2 heterocycles. The molecule has 0 aromatic carbocycles. The van der Waals surface area contributed by atoms with Gasteiger partial charge in [0, 0.05) is 19.7 Å². The molecule has 0 aromatic rings. The molecule has 0 aromatic heterocycles. The van der Waals surface area contributed by atoms with Crippen LogP contribution in [0, 0.1) is 5.92 Å². The Labute approximate surface area is 116 Å². The van der Waals surface area contributed by atoms with Crippen LogP contribution >= 0.6 is 12.4 Å². The van der Waals surface area contributed by atoms with Crippen LogP contribution in [0.3, 0.4) is 0 Å². The van der Waals surface area contributed by atoms with E-state index in [1.54, 1.807) is 0 Å². The van der Waals surface area contributed by atoms with Crippen LogP contribution in [0.25, 0.3) is 0 Å². The fourth-order valence-electron chi connectivity index (χ4n) is 2.80. The summed E-state index contributed by atoms with van der Waals surface area (Å²) in [6, 6.07) is 0.0841. The van der Waals surface area contributed by atoms with E-state index >= 15 is 0 Å². The predicted octanol–water partition coefficient (Wildman–Crippen LogP) is 1.44. The van der Waals surface area contributed by atoms with Crippen molar-refractivity contribution in [3.05, 3.63) is 0 Å². The van der Waals surface area contributed by atoms with Crippen molar-refractivity contribution in [3.63, 3.8) is 0 Å². The van der Waals surface area contributed by atoms with Gasteiger partial charge in [-0.3, -0.25) is 4.79 Å². The van der Waals surface area contributed by atoms with Crippen LogP contribution in [-0.2, 0) is 9.53 Å².